The average molecular weight is 283 g/mol. The van der Waals surface area contributed by atoms with Crippen molar-refractivity contribution in [2.45, 2.75) is 33.3 Å². The van der Waals surface area contributed by atoms with Gasteiger partial charge in [-0.3, -0.25) is 4.98 Å². The van der Waals surface area contributed by atoms with E-state index in [9.17, 15) is 0 Å². The third-order valence-electron chi connectivity index (χ3n) is 3.31. The first-order valence-electron chi connectivity index (χ1n) is 7.08. The first-order valence-corrected chi connectivity index (χ1v) is 7.08. The monoisotopic (exact) mass is 283 g/mol. The second-order valence-electron chi connectivity index (χ2n) is 5.60. The Labute approximate surface area is 126 Å². The van der Waals surface area contributed by atoms with Crippen molar-refractivity contribution >= 4 is 16.6 Å². The Kier molecular flexibility index (Phi) is 4.32. The van der Waals surface area contributed by atoms with Crippen molar-refractivity contribution in [2.24, 2.45) is 0 Å². The summed E-state index contributed by atoms with van der Waals surface area (Å²) in [5.41, 5.74) is 3.87. The Balaban J connectivity index is 2.72. The van der Waals surface area contributed by atoms with E-state index in [1.165, 1.54) is 0 Å². The molecule has 1 aromatic heterocycles. The van der Waals surface area contributed by atoms with Crippen molar-refractivity contribution in [1.29, 1.82) is 5.26 Å². The molecule has 0 bridgehead atoms. The SMILES string of the molecule is Cc1nc2ccc(OC(C)C)cc2c(N(C)C)c1CC#N. The smallest absolute Gasteiger partial charge is 0.120 e. The molecule has 0 saturated heterocycles. The van der Waals surface area contributed by atoms with Crippen molar-refractivity contribution in [3.63, 3.8) is 0 Å². The van der Waals surface area contributed by atoms with Gasteiger partial charge in [0.1, 0.15) is 5.75 Å². The summed E-state index contributed by atoms with van der Waals surface area (Å²) in [5.74, 6) is 0.828. The molecular weight excluding hydrogens is 262 g/mol. The molecule has 1 heterocycles. The fraction of sp³-hybridized carbons (Fsp3) is 0.412. The molecule has 4 nitrogen and oxygen atoms in total. The Morgan fingerprint density at radius 2 is 2.05 bits per heavy atom. The molecule has 110 valence electrons. The number of pyridine rings is 1. The molecule has 0 unspecified atom stereocenters. The van der Waals surface area contributed by atoms with Crippen LogP contribution in [0.15, 0.2) is 18.2 Å². The summed E-state index contributed by atoms with van der Waals surface area (Å²) in [6, 6.07) is 8.16. The van der Waals surface area contributed by atoms with E-state index in [0.717, 1.165) is 33.6 Å². The molecule has 21 heavy (non-hydrogen) atoms. The van der Waals surface area contributed by atoms with E-state index in [1.807, 2.05) is 58.0 Å². The zero-order valence-corrected chi connectivity index (χ0v) is 13.3. The van der Waals surface area contributed by atoms with Crippen LogP contribution in [0.4, 0.5) is 5.69 Å². The number of fused-ring (bicyclic) bond motifs is 1. The standard InChI is InChI=1S/C17H21N3O/c1-11(2)21-13-6-7-16-15(10-13)17(20(4)5)14(8-9-18)12(3)19-16/h6-7,10-11H,8H2,1-5H3. The van der Waals surface area contributed by atoms with E-state index in [1.54, 1.807) is 0 Å². The highest BCUT2D eigenvalue weighted by atomic mass is 16.5. The van der Waals surface area contributed by atoms with E-state index in [2.05, 4.69) is 11.1 Å². The number of aryl methyl sites for hydroxylation is 1. The van der Waals surface area contributed by atoms with Crippen molar-refractivity contribution in [3.8, 4) is 11.8 Å². The molecule has 1 aromatic carbocycles. The van der Waals surface area contributed by atoms with Crippen molar-refractivity contribution < 1.29 is 4.74 Å². The van der Waals surface area contributed by atoms with E-state index in [-0.39, 0.29) is 6.10 Å². The van der Waals surface area contributed by atoms with Crippen molar-refractivity contribution in [1.82, 2.24) is 4.98 Å². The fourth-order valence-corrected chi connectivity index (χ4v) is 2.53. The van der Waals surface area contributed by atoms with Gasteiger partial charge in [0, 0.05) is 30.7 Å². The molecule has 4 heteroatoms. The molecule has 0 atom stereocenters. The lowest BCUT2D eigenvalue weighted by Gasteiger charge is -2.21. The van der Waals surface area contributed by atoms with E-state index >= 15 is 0 Å². The number of rotatable bonds is 4. The van der Waals surface area contributed by atoms with Crippen LogP contribution in [0, 0.1) is 18.3 Å². The summed E-state index contributed by atoms with van der Waals surface area (Å²) in [6.45, 7) is 5.97. The van der Waals surface area contributed by atoms with Gasteiger partial charge in [0.05, 0.1) is 29.8 Å². The summed E-state index contributed by atoms with van der Waals surface area (Å²) in [6.07, 6.45) is 0.486. The summed E-state index contributed by atoms with van der Waals surface area (Å²) >= 11 is 0. The van der Waals surface area contributed by atoms with Gasteiger partial charge in [0.15, 0.2) is 0 Å². The van der Waals surface area contributed by atoms with Gasteiger partial charge in [-0.2, -0.15) is 5.26 Å². The number of hydrogen-bond donors (Lipinski definition) is 0. The number of aromatic nitrogens is 1. The van der Waals surface area contributed by atoms with Crippen LogP contribution in [-0.4, -0.2) is 25.2 Å². The van der Waals surface area contributed by atoms with Crippen LogP contribution in [0.2, 0.25) is 0 Å². The highest BCUT2D eigenvalue weighted by molar-refractivity contribution is 5.94. The molecule has 0 aliphatic heterocycles. The lowest BCUT2D eigenvalue weighted by Crippen LogP contribution is -2.14. The van der Waals surface area contributed by atoms with Crippen LogP contribution in [0.1, 0.15) is 25.1 Å². The summed E-state index contributed by atoms with van der Waals surface area (Å²) < 4.78 is 5.78. The third-order valence-corrected chi connectivity index (χ3v) is 3.31. The van der Waals surface area contributed by atoms with E-state index in [0.29, 0.717) is 6.42 Å². The fourth-order valence-electron chi connectivity index (χ4n) is 2.53. The van der Waals surface area contributed by atoms with Gasteiger partial charge in [0.25, 0.3) is 0 Å². The van der Waals surface area contributed by atoms with Crippen molar-refractivity contribution in [2.75, 3.05) is 19.0 Å². The number of anilines is 1. The minimum Gasteiger partial charge on any atom is -0.491 e. The van der Waals surface area contributed by atoms with E-state index in [4.69, 9.17) is 10.00 Å². The third kappa shape index (κ3) is 3.08. The first kappa shape index (κ1) is 15.1. The van der Waals surface area contributed by atoms with Gasteiger partial charge in [-0.1, -0.05) is 0 Å². The highest BCUT2D eigenvalue weighted by Crippen LogP contribution is 2.33. The summed E-state index contributed by atoms with van der Waals surface area (Å²) in [5, 5.41) is 10.1. The van der Waals surface area contributed by atoms with E-state index < -0.39 is 0 Å². The second-order valence-corrected chi connectivity index (χ2v) is 5.60. The Bertz CT molecular complexity index is 699. The van der Waals surface area contributed by atoms with Crippen molar-refractivity contribution in [3.05, 3.63) is 29.5 Å². The molecule has 0 radical (unpaired) electrons. The molecule has 0 spiro atoms. The second kappa shape index (κ2) is 6.01. The highest BCUT2D eigenvalue weighted by Gasteiger charge is 2.15. The number of benzene rings is 1. The Morgan fingerprint density at radius 3 is 2.62 bits per heavy atom. The molecule has 0 aliphatic carbocycles. The number of hydrogen-bond acceptors (Lipinski definition) is 4. The largest absolute Gasteiger partial charge is 0.491 e. The molecule has 2 rings (SSSR count). The van der Waals surface area contributed by atoms with Crippen LogP contribution in [0.5, 0.6) is 5.75 Å². The molecule has 0 aliphatic rings. The zero-order valence-electron chi connectivity index (χ0n) is 13.3. The normalized spacial score (nSPS) is 10.7. The Hall–Kier alpha value is -2.28. The van der Waals surface area contributed by atoms with Gasteiger partial charge in [0.2, 0.25) is 0 Å². The predicted molar refractivity (Wildman–Crippen MR) is 85.9 cm³/mol. The predicted octanol–water partition coefficient (Wildman–Crippen LogP) is 3.46. The van der Waals surface area contributed by atoms with Gasteiger partial charge in [-0.05, 0) is 39.0 Å². The maximum Gasteiger partial charge on any atom is 0.120 e. The summed E-state index contributed by atoms with van der Waals surface area (Å²) in [4.78, 5) is 6.67. The topological polar surface area (TPSA) is 49.1 Å². The minimum absolute atomic E-state index is 0.127. The van der Waals surface area contributed by atoms with Crippen LogP contribution in [-0.2, 0) is 6.42 Å². The molecule has 0 N–H and O–H groups in total. The van der Waals surface area contributed by atoms with Crippen LogP contribution in [0.3, 0.4) is 0 Å². The summed E-state index contributed by atoms with van der Waals surface area (Å²) in [7, 11) is 3.98. The number of nitrogens with zero attached hydrogens (tertiary/aromatic N) is 3. The van der Waals surface area contributed by atoms with Gasteiger partial charge >= 0.3 is 0 Å². The maximum atomic E-state index is 9.07. The maximum absolute atomic E-state index is 9.07. The zero-order chi connectivity index (χ0) is 15.6. The molecular formula is C17H21N3O. The average Bonchev–Trinajstić information content (AvgIpc) is 2.39. The van der Waals surface area contributed by atoms with Gasteiger partial charge in [-0.25, -0.2) is 0 Å². The van der Waals surface area contributed by atoms with Crippen LogP contribution >= 0.6 is 0 Å². The quantitative estimate of drug-likeness (QED) is 0.862. The lowest BCUT2D eigenvalue weighted by molar-refractivity contribution is 0.243. The molecule has 0 amide bonds. The molecule has 0 fully saturated rings. The van der Waals surface area contributed by atoms with Crippen LogP contribution in [0.25, 0.3) is 10.9 Å². The molecule has 2 aromatic rings. The number of ether oxygens (including phenoxy) is 1. The minimum atomic E-state index is 0.127. The Morgan fingerprint density at radius 1 is 1.33 bits per heavy atom. The number of nitriles is 1. The van der Waals surface area contributed by atoms with Gasteiger partial charge in [-0.15, -0.1) is 0 Å². The van der Waals surface area contributed by atoms with Gasteiger partial charge < -0.3 is 9.64 Å². The van der Waals surface area contributed by atoms with Crippen LogP contribution < -0.4 is 9.64 Å². The molecule has 0 saturated carbocycles. The lowest BCUT2D eigenvalue weighted by atomic mass is 10.0. The first-order chi connectivity index (χ1) is 9.93.